The first-order valence-corrected chi connectivity index (χ1v) is 8.22. The van der Waals surface area contributed by atoms with E-state index in [9.17, 15) is 4.39 Å². The Morgan fingerprint density at radius 1 is 1.08 bits per heavy atom. The number of halogens is 1. The van der Waals surface area contributed by atoms with Crippen molar-refractivity contribution >= 4 is 11.6 Å². The third-order valence-corrected chi connectivity index (χ3v) is 3.96. The maximum Gasteiger partial charge on any atom is 0.230 e. The van der Waals surface area contributed by atoms with Crippen molar-refractivity contribution in [3.8, 4) is 17.1 Å². The Morgan fingerprint density at radius 2 is 1.92 bits per heavy atom. The molecule has 1 aromatic heterocycles. The molecule has 1 N–H and O–H groups in total. The fraction of sp³-hybridized carbons (Fsp3) is 0.211. The molecule has 0 amide bonds. The number of ether oxygens (including phenoxy) is 1. The van der Waals surface area contributed by atoms with E-state index in [1.54, 1.807) is 6.07 Å². The van der Waals surface area contributed by atoms with Gasteiger partial charge in [-0.2, -0.15) is 4.98 Å². The number of rotatable bonds is 6. The van der Waals surface area contributed by atoms with Gasteiger partial charge in [-0.15, -0.1) is 0 Å². The van der Waals surface area contributed by atoms with E-state index in [1.165, 1.54) is 31.3 Å². The molecule has 1 aliphatic rings. The van der Waals surface area contributed by atoms with E-state index in [-0.39, 0.29) is 5.82 Å². The molecule has 2 aromatic carbocycles. The van der Waals surface area contributed by atoms with E-state index in [0.29, 0.717) is 35.6 Å². The molecule has 5 nitrogen and oxygen atoms in total. The van der Waals surface area contributed by atoms with Crippen LogP contribution in [0.5, 0.6) is 5.75 Å². The normalized spacial score (nSPS) is 13.5. The summed E-state index contributed by atoms with van der Waals surface area (Å²) in [6.45, 7) is 0.594. The number of nitrogens with zero attached hydrogens (tertiary/aromatic N) is 3. The molecule has 1 aliphatic carbocycles. The Kier molecular flexibility index (Phi) is 4.24. The van der Waals surface area contributed by atoms with Gasteiger partial charge < -0.3 is 10.1 Å². The van der Waals surface area contributed by atoms with Gasteiger partial charge in [0.25, 0.3) is 0 Å². The summed E-state index contributed by atoms with van der Waals surface area (Å²) in [6, 6.07) is 14.0. The molecule has 0 aliphatic heterocycles. The van der Waals surface area contributed by atoms with Crippen LogP contribution in [0, 0.1) is 11.7 Å². The number of hydrogen-bond acceptors (Lipinski definition) is 5. The van der Waals surface area contributed by atoms with Gasteiger partial charge in [0.15, 0.2) is 5.82 Å². The Hall–Kier alpha value is -3.02. The fourth-order valence-corrected chi connectivity index (χ4v) is 2.43. The lowest BCUT2D eigenvalue weighted by molar-refractivity contribution is 0.299. The van der Waals surface area contributed by atoms with Crippen molar-refractivity contribution < 1.29 is 9.13 Å². The van der Waals surface area contributed by atoms with Crippen molar-refractivity contribution in [2.24, 2.45) is 5.92 Å². The van der Waals surface area contributed by atoms with Crippen LogP contribution in [0.2, 0.25) is 0 Å². The van der Waals surface area contributed by atoms with E-state index >= 15 is 0 Å². The second kappa shape index (κ2) is 6.84. The molecule has 126 valence electrons. The molecule has 0 spiro atoms. The van der Waals surface area contributed by atoms with Crippen LogP contribution in [0.1, 0.15) is 12.8 Å². The number of hydrogen-bond donors (Lipinski definition) is 1. The van der Waals surface area contributed by atoms with Gasteiger partial charge in [0.2, 0.25) is 5.95 Å². The quantitative estimate of drug-likeness (QED) is 0.731. The van der Waals surface area contributed by atoms with Crippen LogP contribution in [-0.4, -0.2) is 21.6 Å². The molecular weight excluding hydrogens is 319 g/mol. The van der Waals surface area contributed by atoms with Gasteiger partial charge in [-0.1, -0.05) is 18.2 Å². The summed E-state index contributed by atoms with van der Waals surface area (Å²) >= 11 is 0. The molecule has 1 fully saturated rings. The molecular formula is C19H17FN4O. The maximum absolute atomic E-state index is 13.6. The second-order valence-electron chi connectivity index (χ2n) is 6.02. The molecule has 3 aromatic rings. The summed E-state index contributed by atoms with van der Waals surface area (Å²) in [5.41, 5.74) is 1.53. The highest BCUT2D eigenvalue weighted by Crippen LogP contribution is 2.33. The average molecular weight is 336 g/mol. The van der Waals surface area contributed by atoms with Crippen LogP contribution >= 0.6 is 0 Å². The number of para-hydroxylation sites is 1. The van der Waals surface area contributed by atoms with E-state index in [1.807, 2.05) is 30.3 Å². The summed E-state index contributed by atoms with van der Waals surface area (Å²) in [7, 11) is 0. The highest BCUT2D eigenvalue weighted by molar-refractivity contribution is 5.65. The van der Waals surface area contributed by atoms with Crippen LogP contribution in [0.15, 0.2) is 54.9 Å². The second-order valence-corrected chi connectivity index (χ2v) is 6.02. The highest BCUT2D eigenvalue weighted by atomic mass is 19.1. The third kappa shape index (κ3) is 3.91. The summed E-state index contributed by atoms with van der Waals surface area (Å²) in [5, 5.41) is 3.13. The fourth-order valence-electron chi connectivity index (χ4n) is 2.43. The number of anilines is 2. The van der Waals surface area contributed by atoms with E-state index in [0.717, 1.165) is 5.69 Å². The zero-order valence-electron chi connectivity index (χ0n) is 13.5. The van der Waals surface area contributed by atoms with Crippen molar-refractivity contribution in [3.63, 3.8) is 0 Å². The minimum absolute atomic E-state index is 0.341. The van der Waals surface area contributed by atoms with Crippen molar-refractivity contribution in [1.29, 1.82) is 0 Å². The highest BCUT2D eigenvalue weighted by Gasteiger charge is 2.23. The van der Waals surface area contributed by atoms with Crippen LogP contribution in [0.25, 0.3) is 11.4 Å². The van der Waals surface area contributed by atoms with Gasteiger partial charge in [0, 0.05) is 11.8 Å². The van der Waals surface area contributed by atoms with E-state index in [4.69, 9.17) is 4.74 Å². The minimum Gasteiger partial charge on any atom is -0.492 e. The monoisotopic (exact) mass is 336 g/mol. The molecule has 0 bridgehead atoms. The lowest BCUT2D eigenvalue weighted by Crippen LogP contribution is -2.04. The molecule has 4 rings (SSSR count). The Morgan fingerprint density at radius 3 is 2.72 bits per heavy atom. The van der Waals surface area contributed by atoms with Gasteiger partial charge >= 0.3 is 0 Å². The molecule has 6 heteroatoms. The molecule has 0 radical (unpaired) electrons. The molecule has 1 heterocycles. The topological polar surface area (TPSA) is 59.9 Å². The van der Waals surface area contributed by atoms with Gasteiger partial charge in [-0.25, -0.2) is 14.4 Å². The van der Waals surface area contributed by atoms with E-state index < -0.39 is 0 Å². The summed E-state index contributed by atoms with van der Waals surface area (Å²) in [4.78, 5) is 12.8. The van der Waals surface area contributed by atoms with Crippen molar-refractivity contribution in [3.05, 3.63) is 60.7 Å². The summed E-state index contributed by atoms with van der Waals surface area (Å²) in [5.74, 6) is 1.56. The number of benzene rings is 2. The molecule has 0 unspecified atom stereocenters. The predicted octanol–water partition coefficient (Wildman–Crippen LogP) is 4.21. The van der Waals surface area contributed by atoms with Crippen LogP contribution < -0.4 is 10.1 Å². The van der Waals surface area contributed by atoms with Crippen molar-refractivity contribution in [2.45, 2.75) is 12.8 Å². The lowest BCUT2D eigenvalue weighted by atomic mass is 10.2. The van der Waals surface area contributed by atoms with Crippen LogP contribution in [-0.2, 0) is 0 Å². The number of aromatic nitrogens is 3. The largest absolute Gasteiger partial charge is 0.492 e. The molecule has 1 saturated carbocycles. The first kappa shape index (κ1) is 15.5. The zero-order valence-corrected chi connectivity index (χ0v) is 13.5. The van der Waals surface area contributed by atoms with Crippen molar-refractivity contribution in [2.75, 3.05) is 11.9 Å². The van der Waals surface area contributed by atoms with Crippen molar-refractivity contribution in [1.82, 2.24) is 15.0 Å². The third-order valence-electron chi connectivity index (χ3n) is 3.96. The van der Waals surface area contributed by atoms with Gasteiger partial charge in [0.1, 0.15) is 17.9 Å². The summed E-state index contributed by atoms with van der Waals surface area (Å²) in [6.07, 6.45) is 3.77. The zero-order chi connectivity index (χ0) is 17.1. The minimum atomic E-state index is -0.341. The first-order chi connectivity index (χ1) is 12.3. The van der Waals surface area contributed by atoms with E-state index in [2.05, 4.69) is 20.3 Å². The van der Waals surface area contributed by atoms with Gasteiger partial charge in [0.05, 0.1) is 12.2 Å². The SMILES string of the molecule is Fc1ccc(-c2ncnc(Nc3ccccc3)n2)c(OCC2CC2)c1. The Balaban J connectivity index is 1.61. The molecule has 25 heavy (non-hydrogen) atoms. The predicted molar refractivity (Wildman–Crippen MR) is 93.2 cm³/mol. The standard InChI is InChI=1S/C19H17FN4O/c20-14-8-9-16(17(10-14)25-11-13-6-7-13)18-21-12-22-19(24-18)23-15-4-2-1-3-5-15/h1-5,8-10,12-13H,6-7,11H2,(H,21,22,23,24). The Labute approximate surface area is 144 Å². The first-order valence-electron chi connectivity index (χ1n) is 8.22. The smallest absolute Gasteiger partial charge is 0.230 e. The summed E-state index contributed by atoms with van der Waals surface area (Å²) < 4.78 is 19.4. The molecule has 0 saturated heterocycles. The average Bonchev–Trinajstić information content (AvgIpc) is 3.46. The lowest BCUT2D eigenvalue weighted by Gasteiger charge is -2.11. The van der Waals surface area contributed by atoms with Crippen LogP contribution in [0.3, 0.4) is 0 Å². The number of nitrogens with one attached hydrogen (secondary N) is 1. The van der Waals surface area contributed by atoms with Crippen LogP contribution in [0.4, 0.5) is 16.0 Å². The maximum atomic E-state index is 13.6. The Bertz CT molecular complexity index is 868. The van der Waals surface area contributed by atoms with Gasteiger partial charge in [-0.3, -0.25) is 0 Å². The van der Waals surface area contributed by atoms with Gasteiger partial charge in [-0.05, 0) is 43.0 Å². The molecule has 0 atom stereocenters.